The molecule has 1 unspecified atom stereocenters. The summed E-state index contributed by atoms with van der Waals surface area (Å²) in [5.74, 6) is -1.30. The van der Waals surface area contributed by atoms with Crippen LogP contribution >= 0.6 is 0 Å². The maximum Gasteiger partial charge on any atom is 0.406 e. The fourth-order valence-corrected chi connectivity index (χ4v) is 0.586. The van der Waals surface area contributed by atoms with E-state index in [4.69, 9.17) is 5.11 Å². The molecule has 0 spiro atoms. The molecule has 0 radical (unpaired) electrons. The second-order valence-corrected chi connectivity index (χ2v) is 2.45. The summed E-state index contributed by atoms with van der Waals surface area (Å²) in [7, 11) is 1.26. The highest BCUT2D eigenvalue weighted by atomic mass is 16.5. The Balaban J connectivity index is 3.43. The first-order valence-corrected chi connectivity index (χ1v) is 3.62. The Labute approximate surface area is 70.7 Å². The Bertz CT molecular complexity index is 169. The zero-order valence-corrected chi connectivity index (χ0v) is 7.16. The number of aliphatic carboxylic acids is 1. The highest BCUT2D eigenvalue weighted by Crippen LogP contribution is 1.99. The molecule has 1 amide bonds. The fourth-order valence-electron chi connectivity index (χ4n) is 0.586. The molecule has 5 nitrogen and oxygen atoms in total. The van der Waals surface area contributed by atoms with Gasteiger partial charge in [0.25, 0.3) is 0 Å². The Morgan fingerprint density at radius 1 is 1.58 bits per heavy atom. The minimum atomic E-state index is -0.860. The number of carboxylic acid groups (broad SMARTS) is 1. The van der Waals surface area contributed by atoms with Crippen molar-refractivity contribution < 1.29 is 19.4 Å². The number of carbonyl (C=O) groups excluding carboxylic acids is 1. The molecule has 1 atom stereocenters. The molecule has 0 aliphatic heterocycles. The van der Waals surface area contributed by atoms with Gasteiger partial charge in [-0.05, 0) is 6.42 Å². The van der Waals surface area contributed by atoms with Crippen molar-refractivity contribution in [3.63, 3.8) is 0 Å². The largest absolute Gasteiger partial charge is 0.481 e. The van der Waals surface area contributed by atoms with Gasteiger partial charge in [0.05, 0.1) is 13.0 Å². The van der Waals surface area contributed by atoms with Crippen LogP contribution in [0.25, 0.3) is 0 Å². The number of carboxylic acids is 1. The predicted molar refractivity (Wildman–Crippen MR) is 41.8 cm³/mol. The minimum Gasteiger partial charge on any atom is -0.481 e. The van der Waals surface area contributed by atoms with Crippen LogP contribution in [0.2, 0.25) is 0 Å². The van der Waals surface area contributed by atoms with Crippen molar-refractivity contribution in [1.82, 2.24) is 5.32 Å². The molecule has 2 N–H and O–H groups in total. The van der Waals surface area contributed by atoms with Gasteiger partial charge in [-0.15, -0.1) is 0 Å². The Morgan fingerprint density at radius 3 is 2.58 bits per heavy atom. The van der Waals surface area contributed by atoms with Gasteiger partial charge < -0.3 is 15.2 Å². The Morgan fingerprint density at radius 2 is 2.17 bits per heavy atom. The van der Waals surface area contributed by atoms with E-state index in [1.54, 1.807) is 6.92 Å². The first-order chi connectivity index (χ1) is 5.57. The van der Waals surface area contributed by atoms with E-state index in [9.17, 15) is 9.59 Å². The molecule has 0 aliphatic rings. The van der Waals surface area contributed by atoms with E-state index >= 15 is 0 Å². The third-order valence-corrected chi connectivity index (χ3v) is 1.45. The van der Waals surface area contributed by atoms with Gasteiger partial charge in [0.2, 0.25) is 0 Å². The van der Waals surface area contributed by atoms with Crippen LogP contribution in [0.1, 0.15) is 13.3 Å². The molecule has 70 valence electrons. The standard InChI is InChI=1S/C7H13NO4/c1-5(6(9)10)3-4-8-7(11)12-2/h5H,3-4H2,1-2H3,(H,8,11)(H,9,10). The van der Waals surface area contributed by atoms with Crippen molar-refractivity contribution >= 4 is 12.1 Å². The van der Waals surface area contributed by atoms with Gasteiger partial charge in [-0.2, -0.15) is 0 Å². The van der Waals surface area contributed by atoms with E-state index in [2.05, 4.69) is 10.1 Å². The molecular weight excluding hydrogens is 162 g/mol. The van der Waals surface area contributed by atoms with Gasteiger partial charge in [-0.3, -0.25) is 4.79 Å². The lowest BCUT2D eigenvalue weighted by Gasteiger charge is -2.06. The highest BCUT2D eigenvalue weighted by Gasteiger charge is 2.10. The van der Waals surface area contributed by atoms with E-state index in [0.29, 0.717) is 13.0 Å². The number of hydrogen-bond donors (Lipinski definition) is 2. The van der Waals surface area contributed by atoms with Crippen LogP contribution < -0.4 is 5.32 Å². The van der Waals surface area contributed by atoms with Crippen molar-refractivity contribution in [2.24, 2.45) is 5.92 Å². The zero-order valence-electron chi connectivity index (χ0n) is 7.16. The normalized spacial score (nSPS) is 11.8. The summed E-state index contributed by atoms with van der Waals surface area (Å²) in [6.07, 6.45) is -0.127. The minimum absolute atomic E-state index is 0.320. The number of methoxy groups -OCH3 is 1. The summed E-state index contributed by atoms with van der Waals surface area (Å²) < 4.78 is 4.30. The lowest BCUT2D eigenvalue weighted by atomic mass is 10.1. The summed E-state index contributed by atoms with van der Waals surface area (Å²) in [4.78, 5) is 20.8. The Kier molecular flexibility index (Phi) is 4.83. The molecular formula is C7H13NO4. The smallest absolute Gasteiger partial charge is 0.406 e. The van der Waals surface area contributed by atoms with Gasteiger partial charge >= 0.3 is 12.1 Å². The summed E-state index contributed by atoms with van der Waals surface area (Å²) in [6, 6.07) is 0. The van der Waals surface area contributed by atoms with Crippen LogP contribution in [0.5, 0.6) is 0 Å². The number of amides is 1. The van der Waals surface area contributed by atoms with Crippen LogP contribution in [0, 0.1) is 5.92 Å². The van der Waals surface area contributed by atoms with Crippen molar-refractivity contribution in [2.45, 2.75) is 13.3 Å². The molecule has 0 bridgehead atoms. The topological polar surface area (TPSA) is 75.6 Å². The second kappa shape index (κ2) is 5.40. The van der Waals surface area contributed by atoms with E-state index < -0.39 is 18.0 Å². The van der Waals surface area contributed by atoms with Crippen molar-refractivity contribution in [3.05, 3.63) is 0 Å². The van der Waals surface area contributed by atoms with Gasteiger partial charge in [0, 0.05) is 6.54 Å². The van der Waals surface area contributed by atoms with Crippen LogP contribution in [-0.4, -0.2) is 30.8 Å². The van der Waals surface area contributed by atoms with Crippen LogP contribution in [0.15, 0.2) is 0 Å². The fraction of sp³-hybridized carbons (Fsp3) is 0.714. The SMILES string of the molecule is COC(=O)NCCC(C)C(=O)O. The number of alkyl carbamates (subject to hydrolysis) is 1. The molecule has 0 aliphatic carbocycles. The molecule has 0 aromatic carbocycles. The van der Waals surface area contributed by atoms with E-state index in [1.165, 1.54) is 7.11 Å². The molecule has 0 saturated carbocycles. The average molecular weight is 175 g/mol. The summed E-state index contributed by atoms with van der Waals surface area (Å²) in [5, 5.41) is 10.9. The molecule has 0 heterocycles. The molecule has 0 aromatic heterocycles. The molecule has 12 heavy (non-hydrogen) atoms. The summed E-state index contributed by atoms with van der Waals surface area (Å²) in [6.45, 7) is 1.90. The predicted octanol–water partition coefficient (Wildman–Crippen LogP) is 0.453. The third-order valence-electron chi connectivity index (χ3n) is 1.45. The van der Waals surface area contributed by atoms with Crippen LogP contribution in [0.3, 0.4) is 0 Å². The van der Waals surface area contributed by atoms with Gasteiger partial charge in [0.15, 0.2) is 0 Å². The van der Waals surface area contributed by atoms with Crippen LogP contribution in [-0.2, 0) is 9.53 Å². The van der Waals surface area contributed by atoms with Gasteiger partial charge in [0.1, 0.15) is 0 Å². The number of carbonyl (C=O) groups is 2. The second-order valence-electron chi connectivity index (χ2n) is 2.45. The maximum atomic E-state index is 10.5. The number of ether oxygens (including phenoxy) is 1. The lowest BCUT2D eigenvalue weighted by Crippen LogP contribution is -2.26. The number of rotatable bonds is 4. The zero-order chi connectivity index (χ0) is 9.56. The molecule has 5 heteroatoms. The van der Waals surface area contributed by atoms with E-state index in [0.717, 1.165) is 0 Å². The van der Waals surface area contributed by atoms with Gasteiger partial charge in [-0.25, -0.2) is 4.79 Å². The van der Waals surface area contributed by atoms with Gasteiger partial charge in [-0.1, -0.05) is 6.92 Å². The molecule has 0 aromatic rings. The highest BCUT2D eigenvalue weighted by molar-refractivity contribution is 5.70. The van der Waals surface area contributed by atoms with Crippen molar-refractivity contribution in [2.75, 3.05) is 13.7 Å². The third kappa shape index (κ3) is 4.54. The first-order valence-electron chi connectivity index (χ1n) is 3.62. The quantitative estimate of drug-likeness (QED) is 0.650. The molecule has 0 rings (SSSR count). The number of hydrogen-bond acceptors (Lipinski definition) is 3. The monoisotopic (exact) mass is 175 g/mol. The lowest BCUT2D eigenvalue weighted by molar-refractivity contribution is -0.141. The Hall–Kier alpha value is -1.26. The van der Waals surface area contributed by atoms with E-state index in [1.807, 2.05) is 0 Å². The summed E-state index contributed by atoms with van der Waals surface area (Å²) in [5.41, 5.74) is 0. The number of nitrogens with one attached hydrogen (secondary N) is 1. The maximum absolute atomic E-state index is 10.5. The van der Waals surface area contributed by atoms with Crippen molar-refractivity contribution in [3.8, 4) is 0 Å². The summed E-state index contributed by atoms with van der Waals surface area (Å²) >= 11 is 0. The van der Waals surface area contributed by atoms with Crippen LogP contribution in [0.4, 0.5) is 4.79 Å². The molecule has 0 saturated heterocycles. The molecule has 0 fully saturated rings. The van der Waals surface area contributed by atoms with Crippen molar-refractivity contribution in [1.29, 1.82) is 0 Å². The average Bonchev–Trinajstić information content (AvgIpc) is 2.03. The first kappa shape index (κ1) is 10.7. The van der Waals surface area contributed by atoms with E-state index in [-0.39, 0.29) is 0 Å².